The molecule has 0 fully saturated rings. The molecule has 2 rings (SSSR count). The minimum absolute atomic E-state index is 0. The molecule has 0 unspecified atom stereocenters. The van der Waals surface area contributed by atoms with Crippen molar-refractivity contribution in [1.29, 1.82) is 0 Å². The van der Waals surface area contributed by atoms with Gasteiger partial charge < -0.3 is 0 Å². The third-order valence-corrected chi connectivity index (χ3v) is 36.6. The van der Waals surface area contributed by atoms with Gasteiger partial charge in [-0.2, -0.15) is 0 Å². The van der Waals surface area contributed by atoms with Gasteiger partial charge in [0.05, 0.1) is 0 Å². The van der Waals surface area contributed by atoms with Gasteiger partial charge in [0.25, 0.3) is 0 Å². The van der Waals surface area contributed by atoms with Crippen LogP contribution in [0.4, 0.5) is 0 Å². The van der Waals surface area contributed by atoms with Crippen LogP contribution < -0.4 is 0 Å². The molecule has 0 spiro atoms. The number of halogens is 2. The van der Waals surface area contributed by atoms with E-state index in [0.717, 1.165) is 12.8 Å². The Morgan fingerprint density at radius 1 is 0.789 bits per heavy atom. The Morgan fingerprint density at radius 3 is 1.32 bits per heavy atom. The van der Waals surface area contributed by atoms with Gasteiger partial charge in [-0.25, -0.2) is 0 Å². The first kappa shape index (κ1) is 19.9. The van der Waals surface area contributed by atoms with E-state index in [2.05, 4.69) is 68.7 Å². The second-order valence-electron chi connectivity index (χ2n) is 11.6. The predicted molar refractivity (Wildman–Crippen MR) is 98.7 cm³/mol. The molecule has 110 valence electrons. The molecule has 19 heavy (non-hydrogen) atoms. The zero-order valence-corrected chi connectivity index (χ0v) is 19.5. The second kappa shape index (κ2) is 3.27. The van der Waals surface area contributed by atoms with Crippen LogP contribution in [0.2, 0.25) is 18.5 Å². The van der Waals surface area contributed by atoms with Crippen LogP contribution >= 0.6 is 24.8 Å². The Morgan fingerprint density at radius 2 is 1.11 bits per heavy atom. The average molecular weight is 415 g/mol. The van der Waals surface area contributed by atoms with Crippen molar-refractivity contribution in [3.63, 3.8) is 0 Å². The zero-order chi connectivity index (χ0) is 13.2. The summed E-state index contributed by atoms with van der Waals surface area (Å²) in [5.74, 6) is 0. The van der Waals surface area contributed by atoms with Gasteiger partial charge in [-0.15, -0.1) is 24.8 Å². The van der Waals surface area contributed by atoms with E-state index in [1.807, 2.05) is 0 Å². The fourth-order valence-electron chi connectivity index (χ4n) is 3.29. The first-order chi connectivity index (χ1) is 7.16. The topological polar surface area (TPSA) is 0 Å². The molecule has 0 radical (unpaired) electrons. The quantitative estimate of drug-likeness (QED) is 0.597. The molecule has 0 aliphatic heterocycles. The van der Waals surface area contributed by atoms with Gasteiger partial charge in [0.15, 0.2) is 0 Å². The molecule has 0 heterocycles. The van der Waals surface area contributed by atoms with Crippen LogP contribution in [0.5, 0.6) is 0 Å². The summed E-state index contributed by atoms with van der Waals surface area (Å²) in [7, 11) is 0. The van der Waals surface area contributed by atoms with Crippen LogP contribution in [-0.2, 0) is 11.6 Å². The second-order valence-corrected chi connectivity index (χ2v) is 112. The summed E-state index contributed by atoms with van der Waals surface area (Å²) in [6.07, 6.45) is 16.2. The summed E-state index contributed by atoms with van der Waals surface area (Å²) in [5, 5.41) is 0. The zero-order valence-electron chi connectivity index (χ0n) is 12.6. The Labute approximate surface area is 123 Å². The monoisotopic (exact) mass is 412 g/mol. The van der Waals surface area contributed by atoms with E-state index in [4.69, 9.17) is 0 Å². The Balaban J connectivity index is 0.00000162. The number of rotatable bonds is 2. The normalized spacial score (nSPS) is 25.7. The summed E-state index contributed by atoms with van der Waals surface area (Å²) >= 11 is -4.30. The predicted octanol–water partition coefficient (Wildman–Crippen LogP) is 4.10. The van der Waals surface area contributed by atoms with Crippen molar-refractivity contribution in [2.24, 2.45) is 0 Å². The van der Waals surface area contributed by atoms with E-state index >= 15 is 0 Å². The standard InChI is InChI=1S/2C5H5.4CH3.2ClH.2H2Si.Zr/c2*1-2-4-5-3-1;;;;;;;;;/h2*1-3H,4H2;4*1H3;2*1H;2*1H2;. The van der Waals surface area contributed by atoms with Gasteiger partial charge in [0, 0.05) is 0 Å². The van der Waals surface area contributed by atoms with Gasteiger partial charge in [0.2, 0.25) is 0 Å². The maximum atomic E-state index is 2.61. The molecule has 0 atom stereocenters. The van der Waals surface area contributed by atoms with Crippen LogP contribution in [0.25, 0.3) is 0 Å². The molecule has 0 aromatic rings. The van der Waals surface area contributed by atoms with Crippen molar-refractivity contribution in [3.8, 4) is 0 Å². The summed E-state index contributed by atoms with van der Waals surface area (Å²) in [6, 6.07) is 0. The van der Waals surface area contributed by atoms with Crippen molar-refractivity contribution in [1.82, 2.24) is 0 Å². The Bertz CT molecular complexity index is 742. The first-order valence-corrected chi connectivity index (χ1v) is 30.8. The van der Waals surface area contributed by atoms with E-state index in [1.165, 1.54) is 0 Å². The molecule has 0 aromatic heterocycles. The fraction of sp³-hybridized carbons (Fsp3) is 0.429. The van der Waals surface area contributed by atoms with E-state index in [0.29, 0.717) is 0 Å². The van der Waals surface area contributed by atoms with Crippen molar-refractivity contribution < 1.29 is 11.6 Å². The Hall–Kier alpha value is 0.857. The van der Waals surface area contributed by atoms with Crippen LogP contribution in [0.3, 0.4) is 0 Å². The number of allylic oxidation sites excluding steroid dienone is 8. The summed E-state index contributed by atoms with van der Waals surface area (Å²) in [6.45, 7) is 4.65. The van der Waals surface area contributed by atoms with Gasteiger partial charge in [-0.1, -0.05) is 0 Å². The third-order valence-electron chi connectivity index (χ3n) is 5.34. The van der Waals surface area contributed by atoms with Gasteiger partial charge in [0.1, 0.15) is 0 Å². The molecular formula is C14H28Cl2Si2Zr. The van der Waals surface area contributed by atoms with Crippen LogP contribution in [0.15, 0.2) is 43.0 Å². The minimum atomic E-state index is -4.30. The molecule has 2 aliphatic rings. The van der Waals surface area contributed by atoms with E-state index in [1.54, 1.807) is 6.56 Å². The number of hydrogen-bond donors (Lipinski definition) is 0. The molecule has 0 N–H and O–H groups in total. The third kappa shape index (κ3) is 2.92. The van der Waals surface area contributed by atoms with E-state index in [9.17, 15) is 0 Å². The average Bonchev–Trinajstić information content (AvgIpc) is 2.76. The molecule has 0 aromatic carbocycles. The van der Waals surface area contributed by atoms with Gasteiger partial charge in [-0.3, -0.25) is 0 Å². The molecule has 0 nitrogen and oxygen atoms in total. The molecule has 0 saturated heterocycles. The van der Waals surface area contributed by atoms with Crippen LogP contribution in [0, 0.1) is 0 Å². The summed E-state index contributed by atoms with van der Waals surface area (Å²) in [4.78, 5) is 0. The summed E-state index contributed by atoms with van der Waals surface area (Å²) < 4.78 is 13.8. The fourth-order valence-corrected chi connectivity index (χ4v) is 22.3. The van der Waals surface area contributed by atoms with Crippen molar-refractivity contribution in [3.05, 3.63) is 43.0 Å². The molecule has 0 amide bonds. The molecule has 0 saturated carbocycles. The molecule has 2 aliphatic carbocycles. The molecule has 0 bridgehead atoms. The van der Waals surface area contributed by atoms with Gasteiger partial charge in [-0.05, 0) is 0 Å². The SMILES string of the molecule is Cl.Cl.[CH3][Zr]([CH3])([CH3])([CH3])(=[SiH2])(=[SiH2])([C]1=CC=CC1)[C]1=CC=CC1. The first-order valence-electron chi connectivity index (χ1n) is 6.64. The van der Waals surface area contributed by atoms with Crippen molar-refractivity contribution in [2.45, 2.75) is 31.4 Å². The van der Waals surface area contributed by atoms with Crippen LogP contribution in [-0.4, -0.2) is 13.8 Å². The van der Waals surface area contributed by atoms with Crippen molar-refractivity contribution >= 4 is 38.6 Å². The van der Waals surface area contributed by atoms with Crippen LogP contribution in [0.1, 0.15) is 12.8 Å². The van der Waals surface area contributed by atoms with E-state index < -0.39 is 11.6 Å². The number of hydrogen-bond acceptors (Lipinski definition) is 0. The van der Waals surface area contributed by atoms with Crippen molar-refractivity contribution in [2.75, 3.05) is 0 Å². The molecule has 5 heteroatoms. The Kier molecular flexibility index (Phi) is 3.42. The molecular weight excluding hydrogens is 386 g/mol. The van der Waals surface area contributed by atoms with Gasteiger partial charge >= 0.3 is 99.7 Å². The maximum absolute atomic E-state index is 4.30. The summed E-state index contributed by atoms with van der Waals surface area (Å²) in [5.41, 5.74) is 0. The van der Waals surface area contributed by atoms with E-state index in [-0.39, 0.29) is 24.8 Å².